The monoisotopic (exact) mass is 322 g/mol. The predicted molar refractivity (Wildman–Crippen MR) is 92.2 cm³/mol. The second-order valence-electron chi connectivity index (χ2n) is 5.73. The zero-order chi connectivity index (χ0) is 15.8. The SMILES string of the molecule is CCCSCCNC(=O)N1CCC(O)(c2ccccc2)CC1. The maximum atomic E-state index is 12.1. The number of aliphatic hydroxyl groups is 1. The van der Waals surface area contributed by atoms with Crippen molar-refractivity contribution in [1.29, 1.82) is 0 Å². The summed E-state index contributed by atoms with van der Waals surface area (Å²) in [7, 11) is 0. The number of benzene rings is 1. The number of likely N-dealkylation sites (tertiary alicyclic amines) is 1. The molecule has 1 heterocycles. The number of urea groups is 1. The van der Waals surface area contributed by atoms with Gasteiger partial charge in [-0.1, -0.05) is 37.3 Å². The van der Waals surface area contributed by atoms with Crippen LogP contribution in [0.4, 0.5) is 4.79 Å². The molecule has 2 rings (SSSR count). The lowest BCUT2D eigenvalue weighted by molar-refractivity contribution is -0.0167. The van der Waals surface area contributed by atoms with Crippen LogP contribution >= 0.6 is 11.8 Å². The van der Waals surface area contributed by atoms with Gasteiger partial charge in [0, 0.05) is 25.4 Å². The first-order valence-electron chi connectivity index (χ1n) is 8.04. The molecular formula is C17H26N2O2S. The third kappa shape index (κ3) is 4.65. The Bertz CT molecular complexity index is 459. The van der Waals surface area contributed by atoms with E-state index in [0.29, 0.717) is 32.5 Å². The smallest absolute Gasteiger partial charge is 0.317 e. The van der Waals surface area contributed by atoms with Gasteiger partial charge in [-0.2, -0.15) is 11.8 Å². The summed E-state index contributed by atoms with van der Waals surface area (Å²) in [4.78, 5) is 13.9. The molecule has 0 atom stereocenters. The van der Waals surface area contributed by atoms with Crippen molar-refractivity contribution in [2.75, 3.05) is 31.1 Å². The summed E-state index contributed by atoms with van der Waals surface area (Å²) in [6.07, 6.45) is 2.35. The zero-order valence-corrected chi connectivity index (χ0v) is 14.1. The molecule has 122 valence electrons. The number of thioether (sulfide) groups is 1. The van der Waals surface area contributed by atoms with Crippen LogP contribution in [0.1, 0.15) is 31.7 Å². The number of rotatable bonds is 6. The lowest BCUT2D eigenvalue weighted by Gasteiger charge is -2.38. The first-order chi connectivity index (χ1) is 10.7. The predicted octanol–water partition coefficient (Wildman–Crippen LogP) is 2.82. The van der Waals surface area contributed by atoms with Crippen molar-refractivity contribution in [2.45, 2.75) is 31.8 Å². The Hall–Kier alpha value is -1.20. The minimum Gasteiger partial charge on any atom is -0.385 e. The number of carbonyl (C=O) groups is 1. The number of carbonyl (C=O) groups excluding carboxylic acids is 1. The number of hydrogen-bond acceptors (Lipinski definition) is 3. The first kappa shape index (κ1) is 17.2. The fourth-order valence-electron chi connectivity index (χ4n) is 2.71. The molecule has 1 fully saturated rings. The van der Waals surface area contributed by atoms with E-state index in [1.54, 1.807) is 0 Å². The van der Waals surface area contributed by atoms with Crippen molar-refractivity contribution in [3.05, 3.63) is 35.9 Å². The molecule has 22 heavy (non-hydrogen) atoms. The molecule has 0 bridgehead atoms. The van der Waals surface area contributed by atoms with Gasteiger partial charge in [-0.3, -0.25) is 0 Å². The lowest BCUT2D eigenvalue weighted by atomic mass is 9.84. The molecule has 0 saturated carbocycles. The fraction of sp³-hybridized carbons (Fsp3) is 0.588. The number of piperidine rings is 1. The van der Waals surface area contributed by atoms with Crippen LogP contribution in [0.25, 0.3) is 0 Å². The van der Waals surface area contributed by atoms with Gasteiger partial charge >= 0.3 is 6.03 Å². The van der Waals surface area contributed by atoms with Crippen molar-refractivity contribution >= 4 is 17.8 Å². The highest BCUT2D eigenvalue weighted by Crippen LogP contribution is 2.32. The van der Waals surface area contributed by atoms with E-state index in [2.05, 4.69) is 12.2 Å². The van der Waals surface area contributed by atoms with E-state index < -0.39 is 5.60 Å². The Kier molecular flexibility index (Phi) is 6.58. The Morgan fingerprint density at radius 3 is 2.59 bits per heavy atom. The van der Waals surface area contributed by atoms with Crippen LogP contribution in [-0.2, 0) is 5.60 Å². The molecule has 2 amide bonds. The van der Waals surface area contributed by atoms with Crippen molar-refractivity contribution in [3.8, 4) is 0 Å². The summed E-state index contributed by atoms with van der Waals surface area (Å²) in [5.74, 6) is 2.10. The Balaban J connectivity index is 1.76. The summed E-state index contributed by atoms with van der Waals surface area (Å²) in [6.45, 7) is 4.06. The van der Waals surface area contributed by atoms with Gasteiger partial charge in [-0.05, 0) is 30.6 Å². The van der Waals surface area contributed by atoms with Gasteiger partial charge < -0.3 is 15.3 Å². The van der Waals surface area contributed by atoms with Crippen LogP contribution in [0.3, 0.4) is 0 Å². The number of nitrogens with one attached hydrogen (secondary N) is 1. The Labute approximate surface area is 137 Å². The maximum Gasteiger partial charge on any atom is 0.317 e. The van der Waals surface area contributed by atoms with Gasteiger partial charge in [0.2, 0.25) is 0 Å². The highest BCUT2D eigenvalue weighted by molar-refractivity contribution is 7.99. The molecule has 1 aromatic rings. The van der Waals surface area contributed by atoms with E-state index in [1.165, 1.54) is 6.42 Å². The zero-order valence-electron chi connectivity index (χ0n) is 13.3. The second-order valence-corrected chi connectivity index (χ2v) is 6.95. The minimum atomic E-state index is -0.797. The molecular weight excluding hydrogens is 296 g/mol. The molecule has 0 aromatic heterocycles. The average molecular weight is 322 g/mol. The molecule has 1 aliphatic heterocycles. The fourth-order valence-corrected chi connectivity index (χ4v) is 3.44. The Morgan fingerprint density at radius 2 is 1.95 bits per heavy atom. The van der Waals surface area contributed by atoms with E-state index >= 15 is 0 Å². The van der Waals surface area contributed by atoms with E-state index in [0.717, 1.165) is 17.1 Å². The van der Waals surface area contributed by atoms with E-state index in [-0.39, 0.29) is 6.03 Å². The van der Waals surface area contributed by atoms with E-state index in [1.807, 2.05) is 47.0 Å². The van der Waals surface area contributed by atoms with Gasteiger partial charge in [-0.25, -0.2) is 4.79 Å². The largest absolute Gasteiger partial charge is 0.385 e. The van der Waals surface area contributed by atoms with Crippen molar-refractivity contribution in [1.82, 2.24) is 10.2 Å². The van der Waals surface area contributed by atoms with Crippen molar-refractivity contribution in [2.24, 2.45) is 0 Å². The second kappa shape index (κ2) is 8.44. The Morgan fingerprint density at radius 1 is 1.27 bits per heavy atom. The summed E-state index contributed by atoms with van der Waals surface area (Å²) in [6, 6.07) is 9.75. The van der Waals surface area contributed by atoms with Crippen LogP contribution in [0, 0.1) is 0 Å². The number of nitrogens with zero attached hydrogens (tertiary/aromatic N) is 1. The molecule has 5 heteroatoms. The third-order valence-electron chi connectivity index (χ3n) is 4.06. The molecule has 0 spiro atoms. The van der Waals surface area contributed by atoms with Crippen LogP contribution in [0.5, 0.6) is 0 Å². The van der Waals surface area contributed by atoms with Crippen LogP contribution < -0.4 is 5.32 Å². The van der Waals surface area contributed by atoms with Crippen LogP contribution in [0.15, 0.2) is 30.3 Å². The molecule has 0 radical (unpaired) electrons. The van der Waals surface area contributed by atoms with E-state index in [9.17, 15) is 9.90 Å². The standard InChI is InChI=1S/C17H26N2O2S/c1-2-13-22-14-10-18-16(20)19-11-8-17(21,9-12-19)15-6-4-3-5-7-15/h3-7,21H,2,8-14H2,1H3,(H,18,20). The molecule has 1 saturated heterocycles. The topological polar surface area (TPSA) is 52.6 Å². The van der Waals surface area contributed by atoms with Crippen molar-refractivity contribution in [3.63, 3.8) is 0 Å². The molecule has 1 aliphatic rings. The minimum absolute atomic E-state index is 0.00721. The number of amides is 2. The maximum absolute atomic E-state index is 12.1. The average Bonchev–Trinajstić information content (AvgIpc) is 2.56. The summed E-state index contributed by atoms with van der Waals surface area (Å²) < 4.78 is 0. The van der Waals surface area contributed by atoms with Gasteiger partial charge in [0.1, 0.15) is 0 Å². The van der Waals surface area contributed by atoms with Crippen LogP contribution in [0.2, 0.25) is 0 Å². The van der Waals surface area contributed by atoms with Crippen molar-refractivity contribution < 1.29 is 9.90 Å². The molecule has 2 N–H and O–H groups in total. The van der Waals surface area contributed by atoms with Gasteiger partial charge in [0.25, 0.3) is 0 Å². The highest BCUT2D eigenvalue weighted by Gasteiger charge is 2.35. The summed E-state index contributed by atoms with van der Waals surface area (Å²) in [5, 5.41) is 13.7. The molecule has 0 aliphatic carbocycles. The highest BCUT2D eigenvalue weighted by atomic mass is 32.2. The molecule has 0 unspecified atom stereocenters. The number of hydrogen-bond donors (Lipinski definition) is 2. The lowest BCUT2D eigenvalue weighted by Crippen LogP contribution is -2.49. The normalized spacial score (nSPS) is 17.3. The first-order valence-corrected chi connectivity index (χ1v) is 9.19. The summed E-state index contributed by atoms with van der Waals surface area (Å²) in [5.41, 5.74) is 0.153. The third-order valence-corrected chi connectivity index (χ3v) is 5.25. The summed E-state index contributed by atoms with van der Waals surface area (Å²) >= 11 is 1.87. The van der Waals surface area contributed by atoms with Gasteiger partial charge in [-0.15, -0.1) is 0 Å². The molecule has 1 aromatic carbocycles. The molecule has 4 nitrogen and oxygen atoms in total. The van der Waals surface area contributed by atoms with Gasteiger partial charge in [0.05, 0.1) is 5.60 Å². The van der Waals surface area contributed by atoms with Gasteiger partial charge in [0.15, 0.2) is 0 Å². The quantitative estimate of drug-likeness (QED) is 0.792. The van der Waals surface area contributed by atoms with E-state index in [4.69, 9.17) is 0 Å². The van der Waals surface area contributed by atoms with Crippen LogP contribution in [-0.4, -0.2) is 47.2 Å².